The molecule has 0 bridgehead atoms. The number of carbonyl (C=O) groups is 1. The molecule has 1 aromatic carbocycles. The molecule has 2 N–H and O–H groups in total. The van der Waals surface area contributed by atoms with Crippen molar-refractivity contribution in [1.29, 1.82) is 0 Å². The summed E-state index contributed by atoms with van der Waals surface area (Å²) in [4.78, 5) is 20.0. The fraction of sp³-hybridized carbons (Fsp3) is 0.133. The van der Waals surface area contributed by atoms with Crippen LogP contribution in [0.5, 0.6) is 0 Å². The number of amides is 1. The van der Waals surface area contributed by atoms with E-state index in [0.29, 0.717) is 5.56 Å². The lowest BCUT2D eigenvalue weighted by Crippen LogP contribution is -2.10. The van der Waals surface area contributed by atoms with E-state index in [1.165, 1.54) is 0 Å². The standard InChI is InChI=1S/C15H14N4OS2/c1-19-7-6-17-15(19)22-9-12-8-21-14(18-12)11-4-2-10(3-5-11)13(16)20/h2-8H,9H2,1H3,(H2,16,20). The van der Waals surface area contributed by atoms with Gasteiger partial charge in [-0.25, -0.2) is 9.97 Å². The first kappa shape index (κ1) is 14.8. The van der Waals surface area contributed by atoms with Crippen LogP contribution in [-0.4, -0.2) is 20.4 Å². The van der Waals surface area contributed by atoms with E-state index in [4.69, 9.17) is 5.73 Å². The summed E-state index contributed by atoms with van der Waals surface area (Å²) in [5.41, 5.74) is 7.76. The Kier molecular flexibility index (Phi) is 4.26. The second-order valence-electron chi connectivity index (χ2n) is 4.69. The molecule has 0 aliphatic heterocycles. The number of benzene rings is 1. The molecule has 2 heterocycles. The Labute approximate surface area is 136 Å². The first-order valence-corrected chi connectivity index (χ1v) is 8.45. The van der Waals surface area contributed by atoms with E-state index in [2.05, 4.69) is 9.97 Å². The van der Waals surface area contributed by atoms with Gasteiger partial charge >= 0.3 is 0 Å². The van der Waals surface area contributed by atoms with Gasteiger partial charge in [-0.2, -0.15) is 0 Å². The molecule has 7 heteroatoms. The van der Waals surface area contributed by atoms with Crippen LogP contribution in [0.4, 0.5) is 0 Å². The molecule has 0 aliphatic rings. The molecule has 0 fully saturated rings. The lowest BCUT2D eigenvalue weighted by Gasteiger charge is -1.99. The van der Waals surface area contributed by atoms with E-state index in [0.717, 1.165) is 27.2 Å². The van der Waals surface area contributed by atoms with E-state index >= 15 is 0 Å². The van der Waals surface area contributed by atoms with E-state index in [-0.39, 0.29) is 0 Å². The number of primary amides is 1. The Balaban J connectivity index is 1.70. The zero-order valence-corrected chi connectivity index (χ0v) is 13.5. The van der Waals surface area contributed by atoms with Gasteiger partial charge in [-0.1, -0.05) is 23.9 Å². The zero-order valence-electron chi connectivity index (χ0n) is 11.9. The molecule has 3 rings (SSSR count). The summed E-state index contributed by atoms with van der Waals surface area (Å²) in [6, 6.07) is 7.19. The quantitative estimate of drug-likeness (QED) is 0.730. The molecule has 5 nitrogen and oxygen atoms in total. The van der Waals surface area contributed by atoms with E-state index < -0.39 is 5.91 Å². The monoisotopic (exact) mass is 330 g/mol. The third-order valence-corrected chi connectivity index (χ3v) is 5.13. The lowest BCUT2D eigenvalue weighted by atomic mass is 10.1. The summed E-state index contributed by atoms with van der Waals surface area (Å²) < 4.78 is 1.99. The normalized spacial score (nSPS) is 10.8. The number of nitrogens with two attached hydrogens (primary N) is 1. The number of hydrogen-bond donors (Lipinski definition) is 1. The number of thioether (sulfide) groups is 1. The van der Waals surface area contributed by atoms with Crippen LogP contribution in [0.2, 0.25) is 0 Å². The molecule has 0 saturated heterocycles. The molecule has 3 aromatic rings. The minimum atomic E-state index is -0.419. The molecule has 0 radical (unpaired) electrons. The second kappa shape index (κ2) is 6.33. The van der Waals surface area contributed by atoms with E-state index in [1.54, 1.807) is 41.4 Å². The van der Waals surface area contributed by atoms with Crippen LogP contribution in [0.3, 0.4) is 0 Å². The van der Waals surface area contributed by atoms with Crippen LogP contribution in [0.15, 0.2) is 47.2 Å². The van der Waals surface area contributed by atoms with Gasteiger partial charge in [-0.3, -0.25) is 4.79 Å². The third-order valence-electron chi connectivity index (χ3n) is 3.09. The SMILES string of the molecule is Cn1ccnc1SCc1csc(-c2ccc(C(N)=O)cc2)n1. The predicted molar refractivity (Wildman–Crippen MR) is 88.8 cm³/mol. The van der Waals surface area contributed by atoms with Crippen molar-refractivity contribution >= 4 is 29.0 Å². The van der Waals surface area contributed by atoms with Gasteiger partial charge < -0.3 is 10.3 Å². The number of aryl methyl sites for hydroxylation is 1. The Hall–Kier alpha value is -2.12. The van der Waals surface area contributed by atoms with Crippen LogP contribution < -0.4 is 5.73 Å². The van der Waals surface area contributed by atoms with Crippen molar-refractivity contribution in [2.75, 3.05) is 0 Å². The number of rotatable bonds is 5. The van der Waals surface area contributed by atoms with E-state index in [1.807, 2.05) is 35.3 Å². The molecule has 0 unspecified atom stereocenters. The van der Waals surface area contributed by atoms with Gasteiger partial charge in [0.15, 0.2) is 5.16 Å². The minimum absolute atomic E-state index is 0.419. The molecular formula is C15H14N4OS2. The highest BCUT2D eigenvalue weighted by molar-refractivity contribution is 7.98. The number of hydrogen-bond acceptors (Lipinski definition) is 5. The summed E-state index contributed by atoms with van der Waals surface area (Å²) in [5.74, 6) is 0.360. The topological polar surface area (TPSA) is 73.8 Å². The maximum absolute atomic E-state index is 11.1. The highest BCUT2D eigenvalue weighted by Gasteiger charge is 2.08. The number of imidazole rings is 1. The van der Waals surface area contributed by atoms with Gasteiger partial charge in [0.2, 0.25) is 5.91 Å². The first-order valence-electron chi connectivity index (χ1n) is 6.58. The third kappa shape index (κ3) is 3.20. The molecular weight excluding hydrogens is 316 g/mol. The van der Waals surface area contributed by atoms with Gasteiger partial charge in [-0.15, -0.1) is 11.3 Å². The summed E-state index contributed by atoms with van der Waals surface area (Å²) in [6.45, 7) is 0. The smallest absolute Gasteiger partial charge is 0.248 e. The first-order chi connectivity index (χ1) is 10.6. The number of aromatic nitrogens is 3. The molecule has 0 saturated carbocycles. The Morgan fingerprint density at radius 2 is 2.14 bits per heavy atom. The highest BCUT2D eigenvalue weighted by Crippen LogP contribution is 2.27. The van der Waals surface area contributed by atoms with Crippen molar-refractivity contribution in [3.63, 3.8) is 0 Å². The van der Waals surface area contributed by atoms with Crippen LogP contribution in [0, 0.1) is 0 Å². The van der Waals surface area contributed by atoms with Crippen molar-refractivity contribution in [2.45, 2.75) is 10.9 Å². The van der Waals surface area contributed by atoms with Crippen LogP contribution in [-0.2, 0) is 12.8 Å². The van der Waals surface area contributed by atoms with Gasteiger partial charge in [0.05, 0.1) is 5.69 Å². The molecule has 22 heavy (non-hydrogen) atoms. The van der Waals surface area contributed by atoms with Gasteiger partial charge in [-0.05, 0) is 12.1 Å². The van der Waals surface area contributed by atoms with Crippen molar-refractivity contribution in [3.05, 3.63) is 53.3 Å². The number of thiazole rings is 1. The van der Waals surface area contributed by atoms with Crippen molar-refractivity contribution in [1.82, 2.24) is 14.5 Å². The molecule has 112 valence electrons. The van der Waals surface area contributed by atoms with Gasteiger partial charge in [0, 0.05) is 41.7 Å². The Morgan fingerprint density at radius 3 is 2.77 bits per heavy atom. The van der Waals surface area contributed by atoms with Crippen LogP contribution >= 0.6 is 23.1 Å². The number of nitrogens with zero attached hydrogens (tertiary/aromatic N) is 3. The van der Waals surface area contributed by atoms with Gasteiger partial charge in [0.25, 0.3) is 0 Å². The molecule has 0 aliphatic carbocycles. The fourth-order valence-electron chi connectivity index (χ4n) is 1.91. The largest absolute Gasteiger partial charge is 0.366 e. The van der Waals surface area contributed by atoms with Crippen molar-refractivity contribution < 1.29 is 4.79 Å². The molecule has 0 atom stereocenters. The summed E-state index contributed by atoms with van der Waals surface area (Å²) in [5, 5.41) is 3.96. The lowest BCUT2D eigenvalue weighted by molar-refractivity contribution is 0.100. The minimum Gasteiger partial charge on any atom is -0.366 e. The second-order valence-corrected chi connectivity index (χ2v) is 6.50. The van der Waals surface area contributed by atoms with Crippen LogP contribution in [0.1, 0.15) is 16.1 Å². The average molecular weight is 330 g/mol. The average Bonchev–Trinajstić information content (AvgIpc) is 3.14. The summed E-state index contributed by atoms with van der Waals surface area (Å²) >= 11 is 3.25. The maximum Gasteiger partial charge on any atom is 0.248 e. The highest BCUT2D eigenvalue weighted by atomic mass is 32.2. The van der Waals surface area contributed by atoms with Crippen LogP contribution in [0.25, 0.3) is 10.6 Å². The van der Waals surface area contributed by atoms with E-state index in [9.17, 15) is 4.79 Å². The number of carbonyl (C=O) groups excluding carboxylic acids is 1. The molecule has 1 amide bonds. The van der Waals surface area contributed by atoms with Crippen molar-refractivity contribution in [2.24, 2.45) is 12.8 Å². The predicted octanol–water partition coefficient (Wildman–Crippen LogP) is 2.93. The zero-order chi connectivity index (χ0) is 15.5. The summed E-state index contributed by atoms with van der Waals surface area (Å²) in [7, 11) is 1.97. The van der Waals surface area contributed by atoms with Crippen molar-refractivity contribution in [3.8, 4) is 10.6 Å². The fourth-order valence-corrected chi connectivity index (χ4v) is 3.67. The van der Waals surface area contributed by atoms with Gasteiger partial charge in [0.1, 0.15) is 5.01 Å². The maximum atomic E-state index is 11.1. The molecule has 2 aromatic heterocycles. The summed E-state index contributed by atoms with van der Waals surface area (Å²) in [6.07, 6.45) is 3.71. The Morgan fingerprint density at radius 1 is 1.36 bits per heavy atom. The molecule has 0 spiro atoms. The Bertz CT molecular complexity index is 792.